The Balaban J connectivity index is 3.51. The van der Waals surface area contributed by atoms with Gasteiger partial charge >= 0.3 is 0 Å². The van der Waals surface area contributed by atoms with Crippen LogP contribution in [0.25, 0.3) is 0 Å². The molecule has 0 aliphatic heterocycles. The molecule has 3 N–H and O–H groups in total. The van der Waals surface area contributed by atoms with Crippen molar-refractivity contribution in [2.75, 3.05) is 6.61 Å². The molecule has 4 nitrogen and oxygen atoms in total. The first-order valence-corrected chi connectivity index (χ1v) is 24.7. The standard InChI is InChI=1S/C51H97NO3/c1-3-5-7-9-11-13-15-17-19-21-23-25-27-28-30-32-34-36-38-40-42-44-46-50(54)49(48-53)52-51(55)47-45-43-41-39-37-35-33-31-29-26-24-22-20-18-16-14-12-10-8-6-4-2/h6,8,12,14,44,46,49-50,53-54H,3-5,7,9-11,13,15-43,45,47-48H2,1-2H3,(H,52,55)/b8-6-,14-12-,46-44+. The predicted octanol–water partition coefficient (Wildman–Crippen LogP) is 15.7. The number of aliphatic hydroxyl groups excluding tert-OH is 2. The van der Waals surface area contributed by atoms with E-state index < -0.39 is 12.1 Å². The number of unbranched alkanes of at least 4 members (excludes halogenated alkanes) is 34. The van der Waals surface area contributed by atoms with Crippen molar-refractivity contribution in [3.63, 3.8) is 0 Å². The molecule has 0 radical (unpaired) electrons. The van der Waals surface area contributed by atoms with Crippen molar-refractivity contribution in [2.45, 2.75) is 276 Å². The molecule has 0 fully saturated rings. The van der Waals surface area contributed by atoms with E-state index in [4.69, 9.17) is 0 Å². The van der Waals surface area contributed by atoms with E-state index in [9.17, 15) is 15.0 Å². The lowest BCUT2D eigenvalue weighted by molar-refractivity contribution is -0.123. The van der Waals surface area contributed by atoms with E-state index in [-0.39, 0.29) is 12.5 Å². The van der Waals surface area contributed by atoms with Crippen LogP contribution in [0.2, 0.25) is 0 Å². The number of allylic oxidation sites excluding steroid dienone is 5. The second-order valence-corrected chi connectivity index (χ2v) is 16.9. The quantitative estimate of drug-likeness (QED) is 0.0426. The maximum absolute atomic E-state index is 12.4. The molecular weight excluding hydrogens is 675 g/mol. The van der Waals surface area contributed by atoms with Gasteiger partial charge in [0.15, 0.2) is 0 Å². The SMILES string of the molecule is CC/C=C\C/C=C\CCCCCCCCCCCCCCCCC(=O)NC(CO)C(O)/C=C/CCCCCCCCCCCCCCCCCCCCCC. The van der Waals surface area contributed by atoms with Gasteiger partial charge in [0, 0.05) is 6.42 Å². The number of rotatable bonds is 45. The molecular formula is C51H97NO3. The molecule has 0 saturated carbocycles. The molecule has 4 heteroatoms. The first kappa shape index (κ1) is 53.6. The zero-order valence-corrected chi connectivity index (χ0v) is 37.2. The van der Waals surface area contributed by atoms with E-state index in [1.165, 1.54) is 205 Å². The summed E-state index contributed by atoms with van der Waals surface area (Å²) in [6.07, 6.45) is 62.7. The highest BCUT2D eigenvalue weighted by atomic mass is 16.3. The fourth-order valence-electron chi connectivity index (χ4n) is 7.63. The Kier molecular flexibility index (Phi) is 45.8. The largest absolute Gasteiger partial charge is 0.394 e. The highest BCUT2D eigenvalue weighted by Gasteiger charge is 2.18. The minimum Gasteiger partial charge on any atom is -0.394 e. The predicted molar refractivity (Wildman–Crippen MR) is 244 cm³/mol. The molecule has 2 atom stereocenters. The number of carbonyl (C=O) groups is 1. The molecule has 55 heavy (non-hydrogen) atoms. The van der Waals surface area contributed by atoms with E-state index in [1.54, 1.807) is 6.08 Å². The van der Waals surface area contributed by atoms with Gasteiger partial charge in [0.05, 0.1) is 18.8 Å². The van der Waals surface area contributed by atoms with Crippen molar-refractivity contribution in [2.24, 2.45) is 0 Å². The summed E-state index contributed by atoms with van der Waals surface area (Å²) >= 11 is 0. The molecule has 2 unspecified atom stereocenters. The summed E-state index contributed by atoms with van der Waals surface area (Å²) < 4.78 is 0. The second-order valence-electron chi connectivity index (χ2n) is 16.9. The molecule has 1 amide bonds. The van der Waals surface area contributed by atoms with Gasteiger partial charge in [-0.2, -0.15) is 0 Å². The molecule has 0 aromatic heterocycles. The van der Waals surface area contributed by atoms with Crippen LogP contribution in [0.1, 0.15) is 264 Å². The van der Waals surface area contributed by atoms with Crippen molar-refractivity contribution in [1.29, 1.82) is 0 Å². The maximum Gasteiger partial charge on any atom is 0.220 e. The molecule has 0 rings (SSSR count). The maximum atomic E-state index is 12.4. The fourth-order valence-corrected chi connectivity index (χ4v) is 7.63. The lowest BCUT2D eigenvalue weighted by Gasteiger charge is -2.20. The second kappa shape index (κ2) is 47.0. The van der Waals surface area contributed by atoms with Crippen LogP contribution < -0.4 is 5.32 Å². The van der Waals surface area contributed by atoms with Gasteiger partial charge in [-0.25, -0.2) is 0 Å². The Bertz CT molecular complexity index is 836. The van der Waals surface area contributed by atoms with Crippen LogP contribution in [0.5, 0.6) is 0 Å². The summed E-state index contributed by atoms with van der Waals surface area (Å²) in [5.74, 6) is -0.0621. The third-order valence-electron chi connectivity index (χ3n) is 11.4. The number of hydrogen-bond donors (Lipinski definition) is 3. The number of nitrogens with one attached hydrogen (secondary N) is 1. The molecule has 0 aromatic rings. The summed E-state index contributed by atoms with van der Waals surface area (Å²) in [5.41, 5.74) is 0. The van der Waals surface area contributed by atoms with Crippen molar-refractivity contribution in [1.82, 2.24) is 5.32 Å². The topological polar surface area (TPSA) is 69.6 Å². The molecule has 0 aliphatic carbocycles. The van der Waals surface area contributed by atoms with Gasteiger partial charge in [0.25, 0.3) is 0 Å². The first-order chi connectivity index (χ1) is 27.2. The van der Waals surface area contributed by atoms with E-state index >= 15 is 0 Å². The number of amides is 1. The van der Waals surface area contributed by atoms with E-state index in [1.807, 2.05) is 6.08 Å². The van der Waals surface area contributed by atoms with Crippen LogP contribution >= 0.6 is 0 Å². The lowest BCUT2D eigenvalue weighted by atomic mass is 10.0. The van der Waals surface area contributed by atoms with Crippen LogP contribution in [0.15, 0.2) is 36.5 Å². The summed E-state index contributed by atoms with van der Waals surface area (Å²) in [7, 11) is 0. The first-order valence-electron chi connectivity index (χ1n) is 24.7. The monoisotopic (exact) mass is 772 g/mol. The summed E-state index contributed by atoms with van der Waals surface area (Å²) in [5, 5.41) is 23.1. The average Bonchev–Trinajstić information content (AvgIpc) is 3.19. The highest BCUT2D eigenvalue weighted by molar-refractivity contribution is 5.76. The molecule has 0 heterocycles. The number of carbonyl (C=O) groups excluding carboxylic acids is 1. The average molecular weight is 772 g/mol. The van der Waals surface area contributed by atoms with Gasteiger partial charge in [-0.05, 0) is 44.9 Å². The Morgan fingerprint density at radius 3 is 1.18 bits per heavy atom. The normalized spacial score (nSPS) is 13.2. The van der Waals surface area contributed by atoms with Crippen LogP contribution in [-0.4, -0.2) is 34.9 Å². The number of hydrogen-bond acceptors (Lipinski definition) is 3. The van der Waals surface area contributed by atoms with Crippen molar-refractivity contribution >= 4 is 5.91 Å². The number of aliphatic hydroxyl groups is 2. The summed E-state index contributed by atoms with van der Waals surface area (Å²) in [6, 6.07) is -0.621. The Morgan fingerprint density at radius 2 is 0.800 bits per heavy atom. The molecule has 0 spiro atoms. The summed E-state index contributed by atoms with van der Waals surface area (Å²) in [4.78, 5) is 12.4. The van der Waals surface area contributed by atoms with E-state index in [2.05, 4.69) is 43.5 Å². The van der Waals surface area contributed by atoms with Gasteiger partial charge < -0.3 is 15.5 Å². The molecule has 0 aliphatic rings. The Morgan fingerprint density at radius 1 is 0.455 bits per heavy atom. The third-order valence-corrected chi connectivity index (χ3v) is 11.4. The van der Waals surface area contributed by atoms with Gasteiger partial charge in [-0.15, -0.1) is 0 Å². The third kappa shape index (κ3) is 43.6. The Hall–Kier alpha value is -1.39. The lowest BCUT2D eigenvalue weighted by Crippen LogP contribution is -2.45. The van der Waals surface area contributed by atoms with Crippen molar-refractivity contribution in [3.05, 3.63) is 36.5 Å². The van der Waals surface area contributed by atoms with E-state index in [0.29, 0.717) is 6.42 Å². The highest BCUT2D eigenvalue weighted by Crippen LogP contribution is 2.16. The van der Waals surface area contributed by atoms with Gasteiger partial charge in [0.2, 0.25) is 5.91 Å². The van der Waals surface area contributed by atoms with Crippen LogP contribution in [0.3, 0.4) is 0 Å². The van der Waals surface area contributed by atoms with Crippen LogP contribution in [0.4, 0.5) is 0 Å². The zero-order chi connectivity index (χ0) is 40.0. The van der Waals surface area contributed by atoms with Gasteiger partial charge in [0.1, 0.15) is 0 Å². The fraction of sp³-hybridized carbons (Fsp3) is 0.863. The van der Waals surface area contributed by atoms with Gasteiger partial charge in [-0.3, -0.25) is 4.79 Å². The minimum atomic E-state index is -0.838. The van der Waals surface area contributed by atoms with Crippen LogP contribution in [0, 0.1) is 0 Å². The molecule has 324 valence electrons. The van der Waals surface area contributed by atoms with Crippen molar-refractivity contribution < 1.29 is 15.0 Å². The van der Waals surface area contributed by atoms with E-state index in [0.717, 1.165) is 38.5 Å². The van der Waals surface area contributed by atoms with Crippen LogP contribution in [-0.2, 0) is 4.79 Å². The minimum absolute atomic E-state index is 0.0621. The molecule has 0 bridgehead atoms. The molecule has 0 saturated heterocycles. The van der Waals surface area contributed by atoms with Crippen molar-refractivity contribution in [3.8, 4) is 0 Å². The zero-order valence-electron chi connectivity index (χ0n) is 37.2. The summed E-state index contributed by atoms with van der Waals surface area (Å²) in [6.45, 7) is 4.23. The van der Waals surface area contributed by atoms with Gasteiger partial charge in [-0.1, -0.05) is 249 Å². The molecule has 0 aromatic carbocycles. The Labute approximate surface area is 344 Å². The smallest absolute Gasteiger partial charge is 0.220 e.